The van der Waals surface area contributed by atoms with Gasteiger partial charge in [0.15, 0.2) is 5.11 Å². The highest BCUT2D eigenvalue weighted by molar-refractivity contribution is 7.80. The average Bonchev–Trinajstić information content (AvgIpc) is 2.79. The van der Waals surface area contributed by atoms with Crippen LogP contribution in [0.1, 0.15) is 15.2 Å². The van der Waals surface area contributed by atoms with Gasteiger partial charge in [0.1, 0.15) is 5.00 Å². The lowest BCUT2D eigenvalue weighted by molar-refractivity contribution is 0.0252. The van der Waals surface area contributed by atoms with Gasteiger partial charge in [0.05, 0.1) is 25.9 Å². The first-order chi connectivity index (χ1) is 9.60. The fraction of sp³-hybridized carbons (Fsp3) is 0.500. The number of nitrogens with zero attached hydrogens (tertiary/aromatic N) is 1. The number of thiophene rings is 1. The van der Waals surface area contributed by atoms with E-state index in [0.717, 1.165) is 18.0 Å². The molecule has 0 aromatic carbocycles. The molecule has 0 spiro atoms. The molecule has 1 fully saturated rings. The van der Waals surface area contributed by atoms with Gasteiger partial charge in [0.2, 0.25) is 0 Å². The molecule has 2 heterocycles. The maximum atomic E-state index is 11.7. The Morgan fingerprint density at radius 1 is 1.50 bits per heavy atom. The Kier molecular flexibility index (Phi) is 5.30. The van der Waals surface area contributed by atoms with Crippen molar-refractivity contribution in [3.8, 4) is 0 Å². The standard InChI is InChI=1S/C12H17N3O3S2/c1-8-7-9(11(16)17-2)10(20-8)13-12(19)14-15-3-5-18-6-4-15/h7H,3-6H2,1-2H3,(H2,13,14,19). The fourth-order valence-corrected chi connectivity index (χ4v) is 3.02. The largest absolute Gasteiger partial charge is 0.465 e. The van der Waals surface area contributed by atoms with E-state index in [1.807, 2.05) is 11.9 Å². The third kappa shape index (κ3) is 3.89. The number of nitrogens with one attached hydrogen (secondary N) is 2. The van der Waals surface area contributed by atoms with Crippen molar-refractivity contribution in [1.29, 1.82) is 0 Å². The lowest BCUT2D eigenvalue weighted by Crippen LogP contribution is -2.49. The molecule has 1 aliphatic heterocycles. The molecule has 0 amide bonds. The van der Waals surface area contributed by atoms with Crippen LogP contribution in [0.3, 0.4) is 0 Å². The van der Waals surface area contributed by atoms with E-state index in [1.165, 1.54) is 18.4 Å². The van der Waals surface area contributed by atoms with Crippen LogP contribution >= 0.6 is 23.6 Å². The maximum Gasteiger partial charge on any atom is 0.340 e. The number of methoxy groups -OCH3 is 1. The Bertz CT molecular complexity index is 498. The molecule has 1 saturated heterocycles. The number of hydrogen-bond donors (Lipinski definition) is 2. The minimum absolute atomic E-state index is 0.369. The van der Waals surface area contributed by atoms with Crippen molar-refractivity contribution in [2.24, 2.45) is 0 Å². The second kappa shape index (κ2) is 6.98. The van der Waals surface area contributed by atoms with Gasteiger partial charge < -0.3 is 14.8 Å². The number of rotatable bonds is 3. The molecule has 8 heteroatoms. The maximum absolute atomic E-state index is 11.7. The molecule has 0 bridgehead atoms. The molecular weight excluding hydrogens is 298 g/mol. The molecule has 0 unspecified atom stereocenters. The molecule has 0 radical (unpaired) electrons. The highest BCUT2D eigenvalue weighted by Crippen LogP contribution is 2.28. The topological polar surface area (TPSA) is 62.8 Å². The summed E-state index contributed by atoms with van der Waals surface area (Å²) in [6, 6.07) is 1.79. The number of hydrogen-bond acceptors (Lipinski definition) is 6. The van der Waals surface area contributed by atoms with Gasteiger partial charge in [0.25, 0.3) is 0 Å². The van der Waals surface area contributed by atoms with Gasteiger partial charge in [-0.2, -0.15) is 0 Å². The van der Waals surface area contributed by atoms with Crippen molar-refractivity contribution in [3.63, 3.8) is 0 Å². The van der Waals surface area contributed by atoms with Gasteiger partial charge >= 0.3 is 5.97 Å². The molecule has 1 aromatic heterocycles. The number of hydrazine groups is 1. The summed E-state index contributed by atoms with van der Waals surface area (Å²) >= 11 is 6.72. The SMILES string of the molecule is COC(=O)c1cc(C)sc1NC(=S)NN1CCOCC1. The monoisotopic (exact) mass is 315 g/mol. The van der Waals surface area contributed by atoms with E-state index in [9.17, 15) is 4.79 Å². The molecule has 0 aliphatic carbocycles. The first-order valence-corrected chi connectivity index (χ1v) is 7.41. The van der Waals surface area contributed by atoms with Crippen LogP contribution in [-0.2, 0) is 9.47 Å². The van der Waals surface area contributed by atoms with Gasteiger partial charge in [-0.05, 0) is 25.2 Å². The van der Waals surface area contributed by atoms with E-state index < -0.39 is 0 Å². The smallest absolute Gasteiger partial charge is 0.340 e. The predicted octanol–water partition coefficient (Wildman–Crippen LogP) is 1.38. The van der Waals surface area contributed by atoms with Gasteiger partial charge in [-0.1, -0.05) is 0 Å². The molecule has 20 heavy (non-hydrogen) atoms. The van der Waals surface area contributed by atoms with Crippen LogP contribution in [0.25, 0.3) is 0 Å². The van der Waals surface area contributed by atoms with Crippen LogP contribution in [0.2, 0.25) is 0 Å². The van der Waals surface area contributed by atoms with Crippen LogP contribution in [0, 0.1) is 6.92 Å². The number of carbonyl (C=O) groups excluding carboxylic acids is 1. The van der Waals surface area contributed by atoms with E-state index in [-0.39, 0.29) is 5.97 Å². The van der Waals surface area contributed by atoms with Crippen LogP contribution in [0.15, 0.2) is 6.07 Å². The van der Waals surface area contributed by atoms with Gasteiger partial charge in [-0.15, -0.1) is 11.3 Å². The van der Waals surface area contributed by atoms with Crippen molar-refractivity contribution < 1.29 is 14.3 Å². The summed E-state index contributed by atoms with van der Waals surface area (Å²) in [5, 5.41) is 6.18. The summed E-state index contributed by atoms with van der Waals surface area (Å²) in [7, 11) is 1.36. The normalized spacial score (nSPS) is 15.7. The van der Waals surface area contributed by atoms with Crippen LogP contribution in [-0.4, -0.2) is 49.5 Å². The summed E-state index contributed by atoms with van der Waals surface area (Å²) < 4.78 is 10.0. The molecule has 2 rings (SSSR count). The van der Waals surface area contributed by atoms with E-state index in [2.05, 4.69) is 10.7 Å². The van der Waals surface area contributed by atoms with Crippen molar-refractivity contribution >= 4 is 39.6 Å². The third-order valence-corrected chi connectivity index (χ3v) is 3.92. The zero-order valence-electron chi connectivity index (χ0n) is 11.4. The van der Waals surface area contributed by atoms with Gasteiger partial charge in [-0.3, -0.25) is 5.43 Å². The third-order valence-electron chi connectivity index (χ3n) is 2.76. The molecule has 0 saturated carbocycles. The number of anilines is 1. The number of morpholine rings is 1. The lowest BCUT2D eigenvalue weighted by atomic mass is 10.3. The molecule has 0 atom stereocenters. The molecule has 110 valence electrons. The molecule has 2 N–H and O–H groups in total. The summed E-state index contributed by atoms with van der Waals surface area (Å²) in [6.45, 7) is 4.84. The van der Waals surface area contributed by atoms with Crippen LogP contribution in [0.5, 0.6) is 0 Å². The van der Waals surface area contributed by atoms with E-state index >= 15 is 0 Å². The second-order valence-electron chi connectivity index (χ2n) is 4.26. The summed E-state index contributed by atoms with van der Waals surface area (Å²) in [5.41, 5.74) is 3.59. The van der Waals surface area contributed by atoms with Crippen molar-refractivity contribution in [1.82, 2.24) is 10.4 Å². The molecule has 6 nitrogen and oxygen atoms in total. The number of carbonyl (C=O) groups is 1. The van der Waals surface area contributed by atoms with Gasteiger partial charge in [0, 0.05) is 18.0 Å². The van der Waals surface area contributed by atoms with Crippen molar-refractivity contribution in [3.05, 3.63) is 16.5 Å². The zero-order valence-corrected chi connectivity index (χ0v) is 13.0. The Morgan fingerprint density at radius 3 is 2.85 bits per heavy atom. The quantitative estimate of drug-likeness (QED) is 0.645. The first kappa shape index (κ1) is 15.2. The zero-order chi connectivity index (χ0) is 14.5. The number of ether oxygens (including phenoxy) is 2. The molecular formula is C12H17N3O3S2. The Labute approximate surface area is 127 Å². The highest BCUT2D eigenvalue weighted by atomic mass is 32.1. The number of esters is 1. The summed E-state index contributed by atoms with van der Waals surface area (Å²) in [6.07, 6.45) is 0. The molecule has 1 aliphatic rings. The van der Waals surface area contributed by atoms with Crippen LogP contribution < -0.4 is 10.7 Å². The summed E-state index contributed by atoms with van der Waals surface area (Å²) in [5.74, 6) is -0.369. The van der Waals surface area contributed by atoms with Crippen molar-refractivity contribution in [2.75, 3.05) is 38.7 Å². The number of thiocarbonyl (C=S) groups is 1. The van der Waals surface area contributed by atoms with E-state index in [0.29, 0.717) is 28.9 Å². The minimum atomic E-state index is -0.369. The Balaban J connectivity index is 1.98. The Hall–Kier alpha value is -1.22. The van der Waals surface area contributed by atoms with E-state index in [4.69, 9.17) is 21.7 Å². The number of aryl methyl sites for hydroxylation is 1. The summed E-state index contributed by atoms with van der Waals surface area (Å²) in [4.78, 5) is 12.7. The minimum Gasteiger partial charge on any atom is -0.465 e. The van der Waals surface area contributed by atoms with Gasteiger partial charge in [-0.25, -0.2) is 9.80 Å². The highest BCUT2D eigenvalue weighted by Gasteiger charge is 2.17. The molecule has 1 aromatic rings. The Morgan fingerprint density at radius 2 is 2.20 bits per heavy atom. The fourth-order valence-electron chi connectivity index (χ4n) is 1.82. The lowest BCUT2D eigenvalue weighted by Gasteiger charge is -2.28. The van der Waals surface area contributed by atoms with E-state index in [1.54, 1.807) is 6.07 Å². The second-order valence-corrected chi connectivity index (χ2v) is 5.92. The predicted molar refractivity (Wildman–Crippen MR) is 82.1 cm³/mol. The average molecular weight is 315 g/mol. The van der Waals surface area contributed by atoms with Crippen LogP contribution in [0.4, 0.5) is 5.00 Å². The van der Waals surface area contributed by atoms with Crippen molar-refractivity contribution in [2.45, 2.75) is 6.92 Å². The first-order valence-electron chi connectivity index (χ1n) is 6.19.